The number of nitrogens with zero attached hydrogens (tertiary/aromatic N) is 1. The van der Waals surface area contributed by atoms with Gasteiger partial charge in [-0.3, -0.25) is 9.59 Å². The first kappa shape index (κ1) is 12.6. The Morgan fingerprint density at radius 3 is 2.89 bits per heavy atom. The van der Waals surface area contributed by atoms with E-state index in [2.05, 4.69) is 6.07 Å². The number of ketones is 1. The highest BCUT2D eigenvalue weighted by atomic mass is 16.5. The van der Waals surface area contributed by atoms with Gasteiger partial charge in [0.15, 0.2) is 0 Å². The number of rotatable bonds is 4. The van der Waals surface area contributed by atoms with Crippen molar-refractivity contribution in [2.75, 3.05) is 20.2 Å². The third kappa shape index (κ3) is 2.70. The predicted molar refractivity (Wildman–Crippen MR) is 67.7 cm³/mol. The van der Waals surface area contributed by atoms with Gasteiger partial charge >= 0.3 is 0 Å². The standard InChI is InChI=1S/C14H17NO3/c1-10(16)14(17)15(2)7-5-11-3-4-13-12(9-11)6-8-18-13/h3-4,9H,5-8H2,1-2H3. The van der Waals surface area contributed by atoms with Crippen LogP contribution in [0.1, 0.15) is 18.1 Å². The Morgan fingerprint density at radius 2 is 2.17 bits per heavy atom. The number of fused-ring (bicyclic) bond motifs is 1. The zero-order valence-electron chi connectivity index (χ0n) is 10.7. The lowest BCUT2D eigenvalue weighted by atomic mass is 10.1. The van der Waals surface area contributed by atoms with E-state index in [1.54, 1.807) is 7.05 Å². The van der Waals surface area contributed by atoms with Crippen LogP contribution in [0.2, 0.25) is 0 Å². The predicted octanol–water partition coefficient (Wildman–Crippen LogP) is 1.21. The molecule has 0 aromatic heterocycles. The summed E-state index contributed by atoms with van der Waals surface area (Å²) in [5.41, 5.74) is 2.40. The fraction of sp³-hybridized carbons (Fsp3) is 0.429. The summed E-state index contributed by atoms with van der Waals surface area (Å²) < 4.78 is 5.44. The number of Topliss-reactive ketones (excluding diaryl/α,β-unsaturated/α-hetero) is 1. The third-order valence-electron chi connectivity index (χ3n) is 3.14. The van der Waals surface area contributed by atoms with Crippen LogP contribution >= 0.6 is 0 Å². The smallest absolute Gasteiger partial charge is 0.289 e. The molecule has 0 unspecified atom stereocenters. The second-order valence-corrected chi connectivity index (χ2v) is 4.57. The SMILES string of the molecule is CC(=O)C(=O)N(C)CCc1ccc2c(c1)CCO2. The average Bonchev–Trinajstić information content (AvgIpc) is 2.82. The van der Waals surface area contributed by atoms with Gasteiger partial charge in [0.1, 0.15) is 5.75 Å². The van der Waals surface area contributed by atoms with Crippen molar-refractivity contribution < 1.29 is 14.3 Å². The number of ether oxygens (including phenoxy) is 1. The molecule has 1 aliphatic heterocycles. The van der Waals surface area contributed by atoms with Crippen LogP contribution in [0.5, 0.6) is 5.75 Å². The molecule has 0 bridgehead atoms. The number of hydrogen-bond acceptors (Lipinski definition) is 3. The van der Waals surface area contributed by atoms with Gasteiger partial charge in [0.25, 0.3) is 5.91 Å². The van der Waals surface area contributed by atoms with E-state index in [9.17, 15) is 9.59 Å². The first-order chi connectivity index (χ1) is 8.58. The maximum absolute atomic E-state index is 11.4. The first-order valence-electron chi connectivity index (χ1n) is 6.08. The maximum Gasteiger partial charge on any atom is 0.289 e. The molecule has 0 saturated carbocycles. The van der Waals surface area contributed by atoms with E-state index in [4.69, 9.17) is 4.74 Å². The molecule has 1 aromatic carbocycles. The molecule has 0 radical (unpaired) electrons. The van der Waals surface area contributed by atoms with E-state index in [1.165, 1.54) is 23.0 Å². The Labute approximate surface area is 107 Å². The molecule has 4 nitrogen and oxygen atoms in total. The van der Waals surface area contributed by atoms with E-state index >= 15 is 0 Å². The minimum atomic E-state index is -0.431. The number of carbonyl (C=O) groups is 2. The van der Waals surface area contributed by atoms with Crippen molar-refractivity contribution >= 4 is 11.7 Å². The number of likely N-dealkylation sites (N-methyl/N-ethyl adjacent to an activating group) is 1. The van der Waals surface area contributed by atoms with Gasteiger partial charge in [0.05, 0.1) is 6.61 Å². The Balaban J connectivity index is 1.94. The lowest BCUT2D eigenvalue weighted by Gasteiger charge is -2.15. The molecule has 0 saturated heterocycles. The van der Waals surface area contributed by atoms with Crippen LogP contribution in [0.4, 0.5) is 0 Å². The van der Waals surface area contributed by atoms with Gasteiger partial charge in [-0.25, -0.2) is 0 Å². The number of hydrogen-bond donors (Lipinski definition) is 0. The van der Waals surface area contributed by atoms with Crippen LogP contribution in [0, 0.1) is 0 Å². The number of carbonyl (C=O) groups excluding carboxylic acids is 2. The largest absolute Gasteiger partial charge is 0.493 e. The molecule has 1 aromatic rings. The molecule has 0 spiro atoms. The molecule has 0 fully saturated rings. The second-order valence-electron chi connectivity index (χ2n) is 4.57. The van der Waals surface area contributed by atoms with E-state index in [0.717, 1.165) is 25.2 Å². The lowest BCUT2D eigenvalue weighted by Crippen LogP contribution is -2.33. The Kier molecular flexibility index (Phi) is 3.65. The molecule has 1 aliphatic rings. The van der Waals surface area contributed by atoms with Gasteiger partial charge in [-0.2, -0.15) is 0 Å². The van der Waals surface area contributed by atoms with Crippen LogP contribution in [-0.2, 0) is 22.4 Å². The van der Waals surface area contributed by atoms with Crippen molar-refractivity contribution in [2.24, 2.45) is 0 Å². The van der Waals surface area contributed by atoms with Crippen molar-refractivity contribution in [1.29, 1.82) is 0 Å². The van der Waals surface area contributed by atoms with Crippen molar-refractivity contribution in [2.45, 2.75) is 19.8 Å². The lowest BCUT2D eigenvalue weighted by molar-refractivity contribution is -0.142. The van der Waals surface area contributed by atoms with Gasteiger partial charge in [-0.05, 0) is 23.6 Å². The second kappa shape index (κ2) is 5.21. The normalized spacial score (nSPS) is 12.8. The van der Waals surface area contributed by atoms with Gasteiger partial charge in [-0.15, -0.1) is 0 Å². The highest BCUT2D eigenvalue weighted by molar-refractivity contribution is 6.34. The topological polar surface area (TPSA) is 46.6 Å². The molecule has 0 aliphatic carbocycles. The zero-order valence-corrected chi connectivity index (χ0v) is 10.7. The van der Waals surface area contributed by atoms with Crippen LogP contribution < -0.4 is 4.74 Å². The summed E-state index contributed by atoms with van der Waals surface area (Å²) in [5.74, 6) is 0.117. The molecule has 2 rings (SSSR count). The summed E-state index contributed by atoms with van der Waals surface area (Å²) >= 11 is 0. The van der Waals surface area contributed by atoms with E-state index in [-0.39, 0.29) is 0 Å². The summed E-state index contributed by atoms with van der Waals surface area (Å²) in [7, 11) is 1.65. The van der Waals surface area contributed by atoms with E-state index in [1.807, 2.05) is 12.1 Å². The van der Waals surface area contributed by atoms with Crippen LogP contribution in [0.3, 0.4) is 0 Å². The Bertz CT molecular complexity index is 482. The molecule has 1 heterocycles. The molecule has 0 N–H and O–H groups in total. The minimum Gasteiger partial charge on any atom is -0.493 e. The highest BCUT2D eigenvalue weighted by Gasteiger charge is 2.15. The summed E-state index contributed by atoms with van der Waals surface area (Å²) in [6.07, 6.45) is 1.70. The highest BCUT2D eigenvalue weighted by Crippen LogP contribution is 2.25. The number of amides is 1. The Hall–Kier alpha value is -1.84. The average molecular weight is 247 g/mol. The van der Waals surface area contributed by atoms with Crippen molar-refractivity contribution in [3.63, 3.8) is 0 Å². The summed E-state index contributed by atoms with van der Waals surface area (Å²) in [4.78, 5) is 23.8. The van der Waals surface area contributed by atoms with Crippen LogP contribution in [-0.4, -0.2) is 36.8 Å². The van der Waals surface area contributed by atoms with Gasteiger partial charge in [0.2, 0.25) is 5.78 Å². The van der Waals surface area contributed by atoms with Crippen LogP contribution in [0.25, 0.3) is 0 Å². The van der Waals surface area contributed by atoms with Gasteiger partial charge < -0.3 is 9.64 Å². The molecule has 1 amide bonds. The van der Waals surface area contributed by atoms with E-state index in [0.29, 0.717) is 6.54 Å². The molecule has 0 atom stereocenters. The molecule has 4 heteroatoms. The van der Waals surface area contributed by atoms with Gasteiger partial charge in [-0.1, -0.05) is 12.1 Å². The third-order valence-corrected chi connectivity index (χ3v) is 3.14. The van der Waals surface area contributed by atoms with Crippen molar-refractivity contribution in [3.05, 3.63) is 29.3 Å². The number of benzene rings is 1. The van der Waals surface area contributed by atoms with E-state index < -0.39 is 11.7 Å². The van der Waals surface area contributed by atoms with Gasteiger partial charge in [0, 0.05) is 26.9 Å². The summed E-state index contributed by atoms with van der Waals surface area (Å²) in [5, 5.41) is 0. The summed E-state index contributed by atoms with van der Waals surface area (Å²) in [6.45, 7) is 2.60. The molecule has 18 heavy (non-hydrogen) atoms. The summed E-state index contributed by atoms with van der Waals surface area (Å²) in [6, 6.07) is 6.11. The molecule has 96 valence electrons. The quantitative estimate of drug-likeness (QED) is 0.751. The zero-order chi connectivity index (χ0) is 13.1. The Morgan fingerprint density at radius 1 is 1.39 bits per heavy atom. The van der Waals surface area contributed by atoms with Crippen LogP contribution in [0.15, 0.2) is 18.2 Å². The maximum atomic E-state index is 11.4. The fourth-order valence-electron chi connectivity index (χ4n) is 2.06. The van der Waals surface area contributed by atoms with Crippen molar-refractivity contribution in [1.82, 2.24) is 4.90 Å². The first-order valence-corrected chi connectivity index (χ1v) is 6.08. The molecular formula is C14H17NO3. The molecular weight excluding hydrogens is 230 g/mol. The van der Waals surface area contributed by atoms with Crippen molar-refractivity contribution in [3.8, 4) is 5.75 Å². The minimum absolute atomic E-state index is 0.417. The fourth-order valence-corrected chi connectivity index (χ4v) is 2.06. The monoisotopic (exact) mass is 247 g/mol.